The Morgan fingerprint density at radius 3 is 2.62 bits per heavy atom. The highest BCUT2D eigenvalue weighted by atomic mass is 35.5. The predicted octanol–water partition coefficient (Wildman–Crippen LogP) is 3.02. The highest BCUT2D eigenvalue weighted by Crippen LogP contribution is 2.27. The van der Waals surface area contributed by atoms with E-state index in [4.69, 9.17) is 17.3 Å². The summed E-state index contributed by atoms with van der Waals surface area (Å²) >= 11 is 6.25. The lowest BCUT2D eigenvalue weighted by atomic mass is 9.98. The zero-order valence-corrected chi connectivity index (χ0v) is 17.3. The summed E-state index contributed by atoms with van der Waals surface area (Å²) in [6, 6.07) is 6.85. The number of nitrogens with two attached hydrogens (primary N) is 1. The fourth-order valence-corrected chi connectivity index (χ4v) is 3.98. The average molecular weight is 419 g/mol. The lowest BCUT2D eigenvalue weighted by Gasteiger charge is -2.22. The summed E-state index contributed by atoms with van der Waals surface area (Å²) in [5.41, 5.74) is 7.61. The summed E-state index contributed by atoms with van der Waals surface area (Å²) in [6.45, 7) is 1.81. The number of hydrogen-bond donors (Lipinski definition) is 3. The second-order valence-corrected chi connectivity index (χ2v) is 8.07. The molecule has 1 aromatic carbocycles. The third-order valence-corrected chi connectivity index (χ3v) is 5.75. The Morgan fingerprint density at radius 1 is 1.28 bits per heavy atom. The van der Waals surface area contributed by atoms with Gasteiger partial charge in [-0.25, -0.2) is 0 Å². The summed E-state index contributed by atoms with van der Waals surface area (Å²) in [6.07, 6.45) is 5.41. The number of aliphatic hydroxyl groups excluding tert-OH is 1. The molecule has 0 spiro atoms. The number of hydrogen-bond acceptors (Lipinski definition) is 4. The lowest BCUT2D eigenvalue weighted by molar-refractivity contribution is -0.118. The van der Waals surface area contributed by atoms with Crippen molar-refractivity contribution in [3.63, 3.8) is 0 Å². The topological polar surface area (TPSA) is 110 Å². The molecule has 7 nitrogen and oxygen atoms in total. The highest BCUT2D eigenvalue weighted by molar-refractivity contribution is 6.34. The van der Waals surface area contributed by atoms with Crippen molar-refractivity contribution in [2.75, 3.05) is 0 Å². The van der Waals surface area contributed by atoms with E-state index >= 15 is 0 Å². The first-order valence-corrected chi connectivity index (χ1v) is 10.3. The normalized spacial score (nSPS) is 16.2. The SMILES string of the molecule is Cc1cc(-c2ccc(Cl)c(C(=O)NC(O)C3CCCCCC3)c2)nn1CC(N)=O. The zero-order chi connectivity index (χ0) is 21.0. The number of carbonyl (C=O) groups is 2. The number of carbonyl (C=O) groups excluding carboxylic acids is 2. The van der Waals surface area contributed by atoms with Gasteiger partial charge in [0.25, 0.3) is 5.91 Å². The van der Waals surface area contributed by atoms with Crippen molar-refractivity contribution in [3.8, 4) is 11.3 Å². The first-order chi connectivity index (χ1) is 13.8. The van der Waals surface area contributed by atoms with Gasteiger partial charge in [0, 0.05) is 17.2 Å². The van der Waals surface area contributed by atoms with Crippen molar-refractivity contribution in [2.24, 2.45) is 11.7 Å². The van der Waals surface area contributed by atoms with E-state index in [-0.39, 0.29) is 18.0 Å². The molecule has 4 N–H and O–H groups in total. The Bertz CT molecular complexity index is 888. The number of nitrogens with one attached hydrogen (secondary N) is 1. The number of aromatic nitrogens is 2. The van der Waals surface area contributed by atoms with Gasteiger partial charge >= 0.3 is 0 Å². The number of benzene rings is 1. The molecule has 1 aliphatic rings. The minimum Gasteiger partial charge on any atom is -0.373 e. The van der Waals surface area contributed by atoms with Crippen molar-refractivity contribution >= 4 is 23.4 Å². The van der Waals surface area contributed by atoms with Crippen LogP contribution >= 0.6 is 11.6 Å². The number of halogens is 1. The number of nitrogens with zero attached hydrogens (tertiary/aromatic N) is 2. The molecular formula is C21H27ClN4O3. The Kier molecular flexibility index (Phi) is 6.92. The van der Waals surface area contributed by atoms with Crippen LogP contribution in [0.2, 0.25) is 5.02 Å². The molecule has 1 aromatic heterocycles. The van der Waals surface area contributed by atoms with Gasteiger partial charge in [0.15, 0.2) is 0 Å². The van der Waals surface area contributed by atoms with Crippen molar-refractivity contribution < 1.29 is 14.7 Å². The molecule has 0 aliphatic heterocycles. The van der Waals surface area contributed by atoms with Crippen LogP contribution in [-0.4, -0.2) is 32.9 Å². The molecule has 3 rings (SSSR count). The van der Waals surface area contributed by atoms with E-state index in [0.717, 1.165) is 31.4 Å². The van der Waals surface area contributed by atoms with Gasteiger partial charge in [-0.2, -0.15) is 5.10 Å². The molecule has 1 fully saturated rings. The van der Waals surface area contributed by atoms with Crippen molar-refractivity contribution in [1.29, 1.82) is 0 Å². The highest BCUT2D eigenvalue weighted by Gasteiger charge is 2.24. The van der Waals surface area contributed by atoms with E-state index in [9.17, 15) is 14.7 Å². The molecule has 1 saturated carbocycles. The quantitative estimate of drug-likeness (QED) is 0.494. The molecule has 1 atom stereocenters. The summed E-state index contributed by atoms with van der Waals surface area (Å²) in [4.78, 5) is 23.9. The van der Waals surface area contributed by atoms with Crippen LogP contribution in [-0.2, 0) is 11.3 Å². The van der Waals surface area contributed by atoms with Crippen LogP contribution < -0.4 is 11.1 Å². The molecule has 1 unspecified atom stereocenters. The minimum absolute atomic E-state index is 0.0135. The fourth-order valence-electron chi connectivity index (χ4n) is 3.77. The van der Waals surface area contributed by atoms with Crippen LogP contribution in [0.25, 0.3) is 11.3 Å². The Morgan fingerprint density at radius 2 is 1.97 bits per heavy atom. The maximum absolute atomic E-state index is 12.8. The Hall–Kier alpha value is -2.38. The molecule has 0 bridgehead atoms. The first kappa shape index (κ1) is 21.3. The maximum Gasteiger partial charge on any atom is 0.254 e. The zero-order valence-electron chi connectivity index (χ0n) is 16.5. The second kappa shape index (κ2) is 9.41. The number of aliphatic hydroxyl groups is 1. The Balaban J connectivity index is 1.78. The van der Waals surface area contributed by atoms with Gasteiger partial charge in [-0.3, -0.25) is 14.3 Å². The van der Waals surface area contributed by atoms with E-state index in [1.54, 1.807) is 18.2 Å². The van der Waals surface area contributed by atoms with Gasteiger partial charge in [0.1, 0.15) is 12.8 Å². The standard InChI is InChI=1S/C21H27ClN4O3/c1-13-10-18(25-26(13)12-19(23)27)15-8-9-17(22)16(11-15)21(29)24-20(28)14-6-4-2-3-5-7-14/h8-11,14,20,28H,2-7,12H2,1H3,(H2,23,27)(H,24,29). The molecule has 0 radical (unpaired) electrons. The maximum atomic E-state index is 12.8. The third kappa shape index (κ3) is 5.36. The van der Waals surface area contributed by atoms with E-state index in [0.29, 0.717) is 16.3 Å². The molecule has 1 heterocycles. The van der Waals surface area contributed by atoms with Gasteiger partial charge in [-0.15, -0.1) is 0 Å². The molecular weight excluding hydrogens is 392 g/mol. The first-order valence-electron chi connectivity index (χ1n) is 9.96. The third-order valence-electron chi connectivity index (χ3n) is 5.42. The molecule has 0 saturated heterocycles. The monoisotopic (exact) mass is 418 g/mol. The van der Waals surface area contributed by atoms with Gasteiger partial charge in [0.05, 0.1) is 16.3 Å². The van der Waals surface area contributed by atoms with Crippen LogP contribution in [0.4, 0.5) is 0 Å². The van der Waals surface area contributed by atoms with Gasteiger partial charge < -0.3 is 16.2 Å². The van der Waals surface area contributed by atoms with Crippen molar-refractivity contribution in [1.82, 2.24) is 15.1 Å². The number of amides is 2. The largest absolute Gasteiger partial charge is 0.373 e. The smallest absolute Gasteiger partial charge is 0.254 e. The van der Waals surface area contributed by atoms with Crippen LogP contribution in [0.1, 0.15) is 54.6 Å². The molecule has 1 aliphatic carbocycles. The molecule has 29 heavy (non-hydrogen) atoms. The Labute approximate surface area is 175 Å². The molecule has 156 valence electrons. The summed E-state index contributed by atoms with van der Waals surface area (Å²) in [5.74, 6) is -0.830. The summed E-state index contributed by atoms with van der Waals surface area (Å²) < 4.78 is 1.52. The van der Waals surface area contributed by atoms with Gasteiger partial charge in [-0.05, 0) is 38.0 Å². The lowest BCUT2D eigenvalue weighted by Crippen LogP contribution is -2.40. The van der Waals surface area contributed by atoms with E-state index < -0.39 is 18.0 Å². The van der Waals surface area contributed by atoms with Crippen LogP contribution in [0.3, 0.4) is 0 Å². The average Bonchev–Trinajstić information content (AvgIpc) is 2.87. The molecule has 8 heteroatoms. The van der Waals surface area contributed by atoms with E-state index in [1.165, 1.54) is 17.5 Å². The molecule has 2 aromatic rings. The van der Waals surface area contributed by atoms with Crippen LogP contribution in [0, 0.1) is 12.8 Å². The van der Waals surface area contributed by atoms with Gasteiger partial charge in [0.2, 0.25) is 5.91 Å². The summed E-state index contributed by atoms with van der Waals surface area (Å²) in [7, 11) is 0. The second-order valence-electron chi connectivity index (χ2n) is 7.66. The van der Waals surface area contributed by atoms with Gasteiger partial charge in [-0.1, -0.05) is 43.4 Å². The predicted molar refractivity (Wildman–Crippen MR) is 111 cm³/mol. The minimum atomic E-state index is -0.891. The summed E-state index contributed by atoms with van der Waals surface area (Å²) in [5, 5.41) is 17.9. The van der Waals surface area contributed by atoms with Crippen LogP contribution in [0.15, 0.2) is 24.3 Å². The number of primary amides is 1. The van der Waals surface area contributed by atoms with Crippen molar-refractivity contribution in [2.45, 2.75) is 58.2 Å². The fraction of sp³-hybridized carbons (Fsp3) is 0.476. The van der Waals surface area contributed by atoms with Crippen LogP contribution in [0.5, 0.6) is 0 Å². The molecule has 2 amide bonds. The van der Waals surface area contributed by atoms with E-state index in [2.05, 4.69) is 10.4 Å². The van der Waals surface area contributed by atoms with Crippen molar-refractivity contribution in [3.05, 3.63) is 40.5 Å². The number of rotatable bonds is 6. The van der Waals surface area contributed by atoms with E-state index in [1.807, 2.05) is 13.0 Å². The number of aryl methyl sites for hydroxylation is 1.